The monoisotopic (exact) mass is 328 g/mol. The van der Waals surface area contributed by atoms with Crippen molar-refractivity contribution >= 4 is 11.9 Å². The summed E-state index contributed by atoms with van der Waals surface area (Å²) >= 11 is 0. The number of hydrogen-bond donors (Lipinski definition) is 0. The molecule has 0 N–H and O–H groups in total. The van der Waals surface area contributed by atoms with Crippen LogP contribution in [-0.4, -0.2) is 34.2 Å². The van der Waals surface area contributed by atoms with E-state index in [0.717, 1.165) is 0 Å². The van der Waals surface area contributed by atoms with E-state index in [0.29, 0.717) is 34.1 Å². The van der Waals surface area contributed by atoms with Crippen LogP contribution in [0.5, 0.6) is 23.0 Å². The van der Waals surface area contributed by atoms with Gasteiger partial charge in [-0.2, -0.15) is 0 Å². The summed E-state index contributed by atoms with van der Waals surface area (Å²) in [6, 6.07) is 10.6. The van der Waals surface area contributed by atoms with Crippen LogP contribution >= 0.6 is 0 Å². The summed E-state index contributed by atoms with van der Waals surface area (Å²) in [6.45, 7) is 0. The minimum Gasteiger partial charge on any atom is -0.496 e. The number of ether oxygens (including phenoxy) is 4. The van der Waals surface area contributed by atoms with E-state index < -0.39 is 0 Å². The largest absolute Gasteiger partial charge is 0.496 e. The molecule has 0 aromatic heterocycles. The van der Waals surface area contributed by atoms with Crippen LogP contribution in [0.2, 0.25) is 0 Å². The SMILES string of the molecule is COc1ccccc1C(=O)C=Cc1ccc(OC)c(OC)c1OC. The summed E-state index contributed by atoms with van der Waals surface area (Å²) < 4.78 is 21.2. The second-order valence-corrected chi connectivity index (χ2v) is 4.82. The van der Waals surface area contributed by atoms with Crippen molar-refractivity contribution in [2.24, 2.45) is 0 Å². The molecule has 2 rings (SSSR count). The van der Waals surface area contributed by atoms with Crippen LogP contribution in [0.3, 0.4) is 0 Å². The molecule has 0 aliphatic heterocycles. The Morgan fingerprint density at radius 3 is 2.08 bits per heavy atom. The summed E-state index contributed by atoms with van der Waals surface area (Å²) in [4.78, 5) is 12.4. The minimum absolute atomic E-state index is 0.163. The molecule has 0 aliphatic carbocycles. The molecule has 5 nitrogen and oxygen atoms in total. The molecule has 0 radical (unpaired) electrons. The number of benzene rings is 2. The maximum atomic E-state index is 12.4. The Kier molecular flexibility index (Phi) is 5.84. The maximum Gasteiger partial charge on any atom is 0.203 e. The molecule has 126 valence electrons. The number of carbonyl (C=O) groups excluding carboxylic acids is 1. The van der Waals surface area contributed by atoms with Crippen molar-refractivity contribution in [1.29, 1.82) is 0 Å². The zero-order valence-electron chi connectivity index (χ0n) is 14.2. The Hall–Kier alpha value is -2.95. The van der Waals surface area contributed by atoms with Crippen molar-refractivity contribution in [3.8, 4) is 23.0 Å². The van der Waals surface area contributed by atoms with Gasteiger partial charge in [0.25, 0.3) is 0 Å². The molecule has 0 spiro atoms. The normalized spacial score (nSPS) is 10.5. The van der Waals surface area contributed by atoms with Gasteiger partial charge in [-0.15, -0.1) is 0 Å². The van der Waals surface area contributed by atoms with Crippen LogP contribution in [0.4, 0.5) is 0 Å². The van der Waals surface area contributed by atoms with Gasteiger partial charge in [0.2, 0.25) is 5.75 Å². The lowest BCUT2D eigenvalue weighted by Gasteiger charge is -2.14. The lowest BCUT2D eigenvalue weighted by Crippen LogP contribution is -1.99. The molecule has 0 heterocycles. The molecule has 0 amide bonds. The van der Waals surface area contributed by atoms with Crippen molar-refractivity contribution in [2.75, 3.05) is 28.4 Å². The molecule has 0 aliphatic rings. The van der Waals surface area contributed by atoms with Gasteiger partial charge in [0.15, 0.2) is 17.3 Å². The predicted octanol–water partition coefficient (Wildman–Crippen LogP) is 3.62. The standard InChI is InChI=1S/C19H20O5/c1-21-16-8-6-5-7-14(16)15(20)11-9-13-10-12-17(22-2)19(24-4)18(13)23-3/h5-12H,1-4H3. The van der Waals surface area contributed by atoms with Crippen molar-refractivity contribution in [1.82, 2.24) is 0 Å². The van der Waals surface area contributed by atoms with Crippen LogP contribution in [0.25, 0.3) is 6.08 Å². The van der Waals surface area contributed by atoms with Crippen molar-refractivity contribution < 1.29 is 23.7 Å². The van der Waals surface area contributed by atoms with Gasteiger partial charge >= 0.3 is 0 Å². The lowest BCUT2D eigenvalue weighted by molar-refractivity contribution is 0.104. The fourth-order valence-corrected chi connectivity index (χ4v) is 2.36. The summed E-state index contributed by atoms with van der Waals surface area (Å²) in [7, 11) is 6.16. The van der Waals surface area contributed by atoms with Gasteiger partial charge in [-0.1, -0.05) is 12.1 Å². The van der Waals surface area contributed by atoms with Crippen molar-refractivity contribution in [3.63, 3.8) is 0 Å². The number of allylic oxidation sites excluding steroid dienone is 1. The Balaban J connectivity index is 2.36. The maximum absolute atomic E-state index is 12.4. The van der Waals surface area contributed by atoms with Gasteiger partial charge in [-0.25, -0.2) is 0 Å². The first kappa shape index (κ1) is 17.4. The highest BCUT2D eigenvalue weighted by Crippen LogP contribution is 2.40. The van der Waals surface area contributed by atoms with E-state index in [1.54, 1.807) is 43.5 Å². The van der Waals surface area contributed by atoms with Crippen molar-refractivity contribution in [2.45, 2.75) is 0 Å². The number of para-hydroxylation sites is 1. The quantitative estimate of drug-likeness (QED) is 0.574. The second-order valence-electron chi connectivity index (χ2n) is 4.82. The summed E-state index contributed by atoms with van der Waals surface area (Å²) in [5, 5.41) is 0. The van der Waals surface area contributed by atoms with Crippen LogP contribution < -0.4 is 18.9 Å². The topological polar surface area (TPSA) is 54.0 Å². The van der Waals surface area contributed by atoms with E-state index in [1.165, 1.54) is 27.4 Å². The molecule has 2 aromatic rings. The molecule has 24 heavy (non-hydrogen) atoms. The first-order chi connectivity index (χ1) is 11.7. The van der Waals surface area contributed by atoms with Gasteiger partial charge in [0.1, 0.15) is 5.75 Å². The Morgan fingerprint density at radius 1 is 0.792 bits per heavy atom. The van der Waals surface area contributed by atoms with Crippen molar-refractivity contribution in [3.05, 3.63) is 53.6 Å². The van der Waals surface area contributed by atoms with E-state index >= 15 is 0 Å². The molecular formula is C19H20O5. The predicted molar refractivity (Wildman–Crippen MR) is 92.5 cm³/mol. The highest BCUT2D eigenvalue weighted by molar-refractivity contribution is 6.08. The summed E-state index contributed by atoms with van der Waals surface area (Å²) in [5.41, 5.74) is 1.20. The summed E-state index contributed by atoms with van der Waals surface area (Å²) in [5.74, 6) is 1.91. The van der Waals surface area contributed by atoms with Gasteiger partial charge in [-0.3, -0.25) is 4.79 Å². The Morgan fingerprint density at radius 2 is 1.46 bits per heavy atom. The number of hydrogen-bond acceptors (Lipinski definition) is 5. The van der Waals surface area contributed by atoms with Crippen LogP contribution in [0.15, 0.2) is 42.5 Å². The van der Waals surface area contributed by atoms with E-state index in [1.807, 2.05) is 6.07 Å². The Bertz CT molecular complexity index is 749. The van der Waals surface area contributed by atoms with E-state index in [4.69, 9.17) is 18.9 Å². The molecule has 0 unspecified atom stereocenters. The van der Waals surface area contributed by atoms with Gasteiger partial charge in [0.05, 0.1) is 34.0 Å². The molecule has 2 aromatic carbocycles. The number of rotatable bonds is 7. The van der Waals surface area contributed by atoms with E-state index in [2.05, 4.69) is 0 Å². The zero-order chi connectivity index (χ0) is 17.5. The number of ketones is 1. The molecule has 0 saturated carbocycles. The zero-order valence-corrected chi connectivity index (χ0v) is 14.2. The van der Waals surface area contributed by atoms with Gasteiger partial charge in [0, 0.05) is 5.56 Å². The van der Waals surface area contributed by atoms with E-state index in [-0.39, 0.29) is 5.78 Å². The Labute approximate surface area is 141 Å². The summed E-state index contributed by atoms with van der Waals surface area (Å²) in [6.07, 6.45) is 3.15. The molecule has 0 fully saturated rings. The number of methoxy groups -OCH3 is 4. The fraction of sp³-hybridized carbons (Fsp3) is 0.211. The third-order valence-corrected chi connectivity index (χ3v) is 3.52. The number of carbonyl (C=O) groups is 1. The molecule has 0 saturated heterocycles. The average Bonchev–Trinajstić information content (AvgIpc) is 2.64. The average molecular weight is 328 g/mol. The van der Waals surface area contributed by atoms with Gasteiger partial charge < -0.3 is 18.9 Å². The highest BCUT2D eigenvalue weighted by atomic mass is 16.5. The molecule has 0 atom stereocenters. The van der Waals surface area contributed by atoms with Crippen LogP contribution in [-0.2, 0) is 0 Å². The smallest absolute Gasteiger partial charge is 0.203 e. The molecule has 0 bridgehead atoms. The van der Waals surface area contributed by atoms with Crippen LogP contribution in [0, 0.1) is 0 Å². The van der Waals surface area contributed by atoms with Crippen LogP contribution in [0.1, 0.15) is 15.9 Å². The first-order valence-electron chi connectivity index (χ1n) is 7.30. The minimum atomic E-state index is -0.163. The molecular weight excluding hydrogens is 308 g/mol. The highest BCUT2D eigenvalue weighted by Gasteiger charge is 2.15. The second kappa shape index (κ2) is 8.06. The molecule has 5 heteroatoms. The third kappa shape index (κ3) is 3.51. The van der Waals surface area contributed by atoms with E-state index in [9.17, 15) is 4.79 Å². The van der Waals surface area contributed by atoms with Gasteiger partial charge in [-0.05, 0) is 36.4 Å². The fourth-order valence-electron chi connectivity index (χ4n) is 2.36. The first-order valence-corrected chi connectivity index (χ1v) is 7.30. The third-order valence-electron chi connectivity index (χ3n) is 3.52. The lowest BCUT2D eigenvalue weighted by atomic mass is 10.1.